The van der Waals surface area contributed by atoms with Crippen LogP contribution in [-0.4, -0.2) is 56.8 Å². The molecule has 0 aromatic carbocycles. The van der Waals surface area contributed by atoms with E-state index >= 15 is 0 Å². The van der Waals surface area contributed by atoms with Crippen molar-refractivity contribution in [2.75, 3.05) is 24.6 Å². The van der Waals surface area contributed by atoms with Crippen LogP contribution < -0.4 is 10.6 Å². The standard InChI is InChI=1S/C12H16N6O2S4/c1-7-15-17-11(23-7)21-5-9(19)13-3-4-14-10(20)6-22-12-18-16-8(2)24-12/h3-6H2,1-2H3,(H,13,19)(H,14,20). The molecule has 8 nitrogen and oxygen atoms in total. The molecule has 2 rings (SSSR count). The smallest absolute Gasteiger partial charge is 0.230 e. The van der Waals surface area contributed by atoms with Crippen molar-refractivity contribution in [2.24, 2.45) is 0 Å². The number of thioether (sulfide) groups is 2. The van der Waals surface area contributed by atoms with E-state index in [1.54, 1.807) is 0 Å². The largest absolute Gasteiger partial charge is 0.354 e. The topological polar surface area (TPSA) is 110 Å². The van der Waals surface area contributed by atoms with Crippen LogP contribution >= 0.6 is 46.2 Å². The Kier molecular flexibility index (Phi) is 7.88. The fourth-order valence-electron chi connectivity index (χ4n) is 1.43. The van der Waals surface area contributed by atoms with Crippen molar-refractivity contribution < 1.29 is 9.59 Å². The minimum absolute atomic E-state index is 0.0965. The second-order valence-corrected chi connectivity index (χ2v) is 9.26. The third-order valence-electron chi connectivity index (χ3n) is 2.44. The van der Waals surface area contributed by atoms with Gasteiger partial charge in [0.15, 0.2) is 8.68 Å². The van der Waals surface area contributed by atoms with E-state index in [9.17, 15) is 9.59 Å². The molecule has 0 unspecified atom stereocenters. The highest BCUT2D eigenvalue weighted by atomic mass is 32.2. The normalized spacial score (nSPS) is 10.6. The average Bonchev–Trinajstić information content (AvgIpc) is 3.16. The van der Waals surface area contributed by atoms with Crippen LogP contribution in [0.15, 0.2) is 8.68 Å². The summed E-state index contributed by atoms with van der Waals surface area (Å²) in [5, 5.41) is 22.9. The molecule has 0 bridgehead atoms. The summed E-state index contributed by atoms with van der Waals surface area (Å²) in [5.74, 6) is 0.380. The fourth-order valence-corrected chi connectivity index (χ4v) is 4.72. The number of aryl methyl sites for hydroxylation is 2. The highest BCUT2D eigenvalue weighted by Gasteiger charge is 2.08. The number of nitrogens with zero attached hydrogens (tertiary/aromatic N) is 4. The van der Waals surface area contributed by atoms with Crippen molar-refractivity contribution in [3.63, 3.8) is 0 Å². The first-order valence-electron chi connectivity index (χ1n) is 6.92. The van der Waals surface area contributed by atoms with E-state index in [1.165, 1.54) is 46.2 Å². The molecular formula is C12H16N6O2S4. The summed E-state index contributed by atoms with van der Waals surface area (Å²) in [5.41, 5.74) is 0. The molecule has 0 fully saturated rings. The second kappa shape index (κ2) is 9.91. The van der Waals surface area contributed by atoms with Gasteiger partial charge in [-0.3, -0.25) is 9.59 Å². The second-order valence-electron chi connectivity index (χ2n) is 4.45. The summed E-state index contributed by atoms with van der Waals surface area (Å²) in [6.07, 6.45) is 0. The number of carbonyl (C=O) groups excluding carboxylic acids is 2. The van der Waals surface area contributed by atoms with Gasteiger partial charge < -0.3 is 10.6 Å². The van der Waals surface area contributed by atoms with Crippen molar-refractivity contribution in [1.82, 2.24) is 31.0 Å². The highest BCUT2D eigenvalue weighted by Crippen LogP contribution is 2.21. The van der Waals surface area contributed by atoms with Crippen LogP contribution in [0.1, 0.15) is 10.0 Å². The quantitative estimate of drug-likeness (QED) is 0.473. The summed E-state index contributed by atoms with van der Waals surface area (Å²) < 4.78 is 1.56. The van der Waals surface area contributed by atoms with Gasteiger partial charge in [-0.15, -0.1) is 20.4 Å². The number of amides is 2. The third-order valence-corrected chi connectivity index (χ3v) is 6.38. The molecule has 2 N–H and O–H groups in total. The van der Waals surface area contributed by atoms with Gasteiger partial charge in [-0.25, -0.2) is 0 Å². The van der Waals surface area contributed by atoms with Crippen molar-refractivity contribution in [3.8, 4) is 0 Å². The number of nitrogens with one attached hydrogen (secondary N) is 2. The molecule has 0 aliphatic rings. The zero-order valence-corrected chi connectivity index (χ0v) is 16.3. The molecule has 0 spiro atoms. The van der Waals surface area contributed by atoms with Crippen molar-refractivity contribution in [3.05, 3.63) is 10.0 Å². The molecular weight excluding hydrogens is 388 g/mol. The van der Waals surface area contributed by atoms with Crippen LogP contribution in [0.4, 0.5) is 0 Å². The van der Waals surface area contributed by atoms with Gasteiger partial charge >= 0.3 is 0 Å². The lowest BCUT2D eigenvalue weighted by molar-refractivity contribution is -0.120. The van der Waals surface area contributed by atoms with E-state index in [2.05, 4.69) is 31.0 Å². The van der Waals surface area contributed by atoms with Crippen molar-refractivity contribution in [2.45, 2.75) is 22.5 Å². The third kappa shape index (κ3) is 7.11. The Morgan fingerprint density at radius 1 is 0.833 bits per heavy atom. The van der Waals surface area contributed by atoms with E-state index < -0.39 is 0 Å². The van der Waals surface area contributed by atoms with Crippen LogP contribution in [0, 0.1) is 13.8 Å². The molecule has 2 amide bonds. The molecule has 130 valence electrons. The van der Waals surface area contributed by atoms with Crippen LogP contribution in [0.2, 0.25) is 0 Å². The molecule has 0 atom stereocenters. The molecule has 0 aliphatic carbocycles. The Hall–Kier alpha value is -1.24. The van der Waals surface area contributed by atoms with Crippen LogP contribution in [0.25, 0.3) is 0 Å². The predicted molar refractivity (Wildman–Crippen MR) is 96.8 cm³/mol. The number of carbonyl (C=O) groups is 2. The lowest BCUT2D eigenvalue weighted by atomic mass is 10.5. The van der Waals surface area contributed by atoms with Crippen molar-refractivity contribution >= 4 is 58.0 Å². The maximum atomic E-state index is 11.7. The molecule has 2 aromatic rings. The summed E-state index contributed by atoms with van der Waals surface area (Å²) in [6.45, 7) is 4.52. The van der Waals surface area contributed by atoms with E-state index in [0.717, 1.165) is 18.7 Å². The van der Waals surface area contributed by atoms with Gasteiger partial charge in [0.2, 0.25) is 11.8 Å². The maximum absolute atomic E-state index is 11.7. The summed E-state index contributed by atoms with van der Waals surface area (Å²) in [7, 11) is 0. The van der Waals surface area contributed by atoms with E-state index in [1.807, 2.05) is 13.8 Å². The zero-order valence-electron chi connectivity index (χ0n) is 13.1. The average molecular weight is 405 g/mol. The highest BCUT2D eigenvalue weighted by molar-refractivity contribution is 8.01. The Bertz CT molecular complexity index is 630. The maximum Gasteiger partial charge on any atom is 0.230 e. The Morgan fingerprint density at radius 2 is 1.25 bits per heavy atom. The molecule has 0 aliphatic heterocycles. The van der Waals surface area contributed by atoms with Gasteiger partial charge in [0.25, 0.3) is 0 Å². The molecule has 2 heterocycles. The lowest BCUT2D eigenvalue weighted by Crippen LogP contribution is -2.36. The Morgan fingerprint density at radius 3 is 1.58 bits per heavy atom. The minimum Gasteiger partial charge on any atom is -0.354 e. The first-order valence-corrected chi connectivity index (χ1v) is 10.5. The van der Waals surface area contributed by atoms with Gasteiger partial charge in [0.1, 0.15) is 10.0 Å². The summed E-state index contributed by atoms with van der Waals surface area (Å²) >= 11 is 5.62. The first-order chi connectivity index (χ1) is 11.5. The first kappa shape index (κ1) is 19.1. The lowest BCUT2D eigenvalue weighted by Gasteiger charge is -2.06. The van der Waals surface area contributed by atoms with Crippen LogP contribution in [0.3, 0.4) is 0 Å². The molecule has 0 radical (unpaired) electrons. The molecule has 12 heteroatoms. The minimum atomic E-state index is -0.0965. The zero-order chi connectivity index (χ0) is 17.4. The SMILES string of the molecule is Cc1nnc(SCC(=O)NCCNC(=O)CSc2nnc(C)s2)s1. The number of rotatable bonds is 9. The molecule has 0 saturated carbocycles. The van der Waals surface area contributed by atoms with E-state index in [4.69, 9.17) is 0 Å². The van der Waals surface area contributed by atoms with Crippen LogP contribution in [-0.2, 0) is 9.59 Å². The predicted octanol–water partition coefficient (Wildman–Crippen LogP) is 1.12. The van der Waals surface area contributed by atoms with E-state index in [0.29, 0.717) is 13.1 Å². The summed E-state index contributed by atoms with van der Waals surface area (Å²) in [4.78, 5) is 23.3. The number of hydrogen-bond donors (Lipinski definition) is 2. The molecule has 0 saturated heterocycles. The van der Waals surface area contributed by atoms with Gasteiger partial charge in [-0.1, -0.05) is 46.2 Å². The monoisotopic (exact) mass is 404 g/mol. The van der Waals surface area contributed by atoms with Gasteiger partial charge in [-0.05, 0) is 13.8 Å². The molecule has 24 heavy (non-hydrogen) atoms. The Labute approximate surface area is 155 Å². The van der Waals surface area contributed by atoms with Crippen molar-refractivity contribution in [1.29, 1.82) is 0 Å². The fraction of sp³-hybridized carbons (Fsp3) is 0.500. The van der Waals surface area contributed by atoms with Gasteiger partial charge in [0.05, 0.1) is 11.5 Å². The van der Waals surface area contributed by atoms with Crippen LogP contribution in [0.5, 0.6) is 0 Å². The van der Waals surface area contributed by atoms with Gasteiger partial charge in [0, 0.05) is 13.1 Å². The van der Waals surface area contributed by atoms with E-state index in [-0.39, 0.29) is 23.3 Å². The summed E-state index contributed by atoms with van der Waals surface area (Å²) in [6, 6.07) is 0. The number of aromatic nitrogens is 4. The molecule has 2 aromatic heterocycles. The number of hydrogen-bond acceptors (Lipinski definition) is 10. The Balaban J connectivity index is 1.52. The van der Waals surface area contributed by atoms with Gasteiger partial charge in [-0.2, -0.15) is 0 Å².